The van der Waals surface area contributed by atoms with Gasteiger partial charge in [0.05, 0.1) is 6.54 Å². The molecule has 1 atom stereocenters. The summed E-state index contributed by atoms with van der Waals surface area (Å²) in [5.74, 6) is 0. The topological polar surface area (TPSA) is 89.1 Å². The Morgan fingerprint density at radius 2 is 1.32 bits per heavy atom. The third kappa shape index (κ3) is 19.8. The molecule has 0 aromatic carbocycles. The number of ether oxygens (including phenoxy) is 3. The lowest BCUT2D eigenvalue weighted by atomic mass is 10.0. The Labute approximate surface area is 231 Å². The van der Waals surface area contributed by atoms with Crippen molar-refractivity contribution < 1.29 is 23.8 Å². The maximum absolute atomic E-state index is 12.0. The molecule has 1 aliphatic rings. The van der Waals surface area contributed by atoms with Gasteiger partial charge in [-0.2, -0.15) is 0 Å². The van der Waals surface area contributed by atoms with E-state index in [-0.39, 0.29) is 13.2 Å². The number of hydrogen-bond acceptors (Lipinski definition) is 6. The summed E-state index contributed by atoms with van der Waals surface area (Å²) in [4.78, 5) is 25.8. The van der Waals surface area contributed by atoms with E-state index in [1.807, 2.05) is 30.3 Å². The Hall–Kier alpha value is -2.22. The van der Waals surface area contributed by atoms with Crippen LogP contribution in [0.4, 0.5) is 9.59 Å². The van der Waals surface area contributed by atoms with E-state index in [9.17, 15) is 9.59 Å². The van der Waals surface area contributed by atoms with Gasteiger partial charge in [0, 0.05) is 26.4 Å². The third-order valence-electron chi connectivity index (χ3n) is 6.75. The number of nitrogens with one attached hydrogen (secondary N) is 2. The molecule has 2 N–H and O–H groups in total. The van der Waals surface area contributed by atoms with Gasteiger partial charge in [-0.3, -0.25) is 5.32 Å². The molecule has 0 aromatic heterocycles. The maximum atomic E-state index is 12.0. The van der Waals surface area contributed by atoms with Crippen LogP contribution in [0.15, 0.2) is 24.0 Å². The van der Waals surface area contributed by atoms with Crippen molar-refractivity contribution >= 4 is 12.2 Å². The first-order valence-electron chi connectivity index (χ1n) is 15.0. The van der Waals surface area contributed by atoms with E-state index in [0.29, 0.717) is 13.1 Å². The smallest absolute Gasteiger partial charge is 0.411 e. The van der Waals surface area contributed by atoms with Crippen LogP contribution in [0.5, 0.6) is 0 Å². The van der Waals surface area contributed by atoms with Gasteiger partial charge in [-0.1, -0.05) is 103 Å². The maximum Gasteiger partial charge on any atom is 0.411 e. The molecule has 0 fully saturated rings. The highest BCUT2D eigenvalue weighted by Gasteiger charge is 2.15. The summed E-state index contributed by atoms with van der Waals surface area (Å²) in [6.07, 6.45) is 25.2. The number of nitrogens with zero attached hydrogens (tertiary/aromatic N) is 1. The van der Waals surface area contributed by atoms with Gasteiger partial charge in [0.25, 0.3) is 0 Å². The van der Waals surface area contributed by atoms with Crippen LogP contribution in [0.3, 0.4) is 0 Å². The first-order valence-corrected chi connectivity index (χ1v) is 15.0. The van der Waals surface area contributed by atoms with Crippen molar-refractivity contribution in [2.75, 3.05) is 40.5 Å². The minimum Gasteiger partial charge on any atom is -0.447 e. The molecule has 0 spiro atoms. The van der Waals surface area contributed by atoms with Crippen LogP contribution in [-0.4, -0.2) is 63.7 Å². The Morgan fingerprint density at radius 3 is 1.82 bits per heavy atom. The predicted octanol–water partition coefficient (Wildman–Crippen LogP) is 7.06. The standard InChI is InChI=1S/C30H55N3O5/c1-4-5-6-7-8-9-10-11-12-13-14-15-16-17-18-19-22-31-29(34)37-25-28(36-3)26-38-30(35)32-27-21-20-23-33(2)24-27/h20-21,23,28H,4-19,22,24-26H2,1-3H3,(H,31,34)(H,32,35). The van der Waals surface area contributed by atoms with Gasteiger partial charge in [-0.05, 0) is 24.8 Å². The molecular weight excluding hydrogens is 482 g/mol. The molecule has 0 aromatic rings. The number of alkyl carbamates (subject to hydrolysis) is 2. The molecule has 0 aliphatic carbocycles. The number of hydrogen-bond donors (Lipinski definition) is 2. The highest BCUT2D eigenvalue weighted by Crippen LogP contribution is 2.13. The predicted molar refractivity (Wildman–Crippen MR) is 154 cm³/mol. The summed E-state index contributed by atoms with van der Waals surface area (Å²) in [7, 11) is 3.41. The Kier molecular flexibility index (Phi) is 21.2. The van der Waals surface area contributed by atoms with Crippen LogP contribution >= 0.6 is 0 Å². The van der Waals surface area contributed by atoms with E-state index in [1.54, 1.807) is 0 Å². The molecule has 0 radical (unpaired) electrons. The summed E-state index contributed by atoms with van der Waals surface area (Å²) in [6.45, 7) is 3.48. The minimum atomic E-state index is -0.560. The van der Waals surface area contributed by atoms with Crippen molar-refractivity contribution in [3.63, 3.8) is 0 Å². The summed E-state index contributed by atoms with van der Waals surface area (Å²) >= 11 is 0. The van der Waals surface area contributed by atoms with E-state index in [4.69, 9.17) is 14.2 Å². The van der Waals surface area contributed by atoms with Gasteiger partial charge in [0.2, 0.25) is 0 Å². The Morgan fingerprint density at radius 1 is 0.816 bits per heavy atom. The van der Waals surface area contributed by atoms with E-state index in [0.717, 1.165) is 18.5 Å². The molecule has 2 amide bonds. The second kappa shape index (κ2) is 23.9. The van der Waals surface area contributed by atoms with Gasteiger partial charge in [0.1, 0.15) is 19.3 Å². The largest absolute Gasteiger partial charge is 0.447 e. The molecule has 1 rings (SSSR count). The van der Waals surface area contributed by atoms with Gasteiger partial charge in [-0.15, -0.1) is 0 Å². The third-order valence-corrected chi connectivity index (χ3v) is 6.75. The van der Waals surface area contributed by atoms with Crippen LogP contribution in [-0.2, 0) is 14.2 Å². The number of carbonyl (C=O) groups is 2. The summed E-state index contributed by atoms with van der Waals surface area (Å²) in [5.41, 5.74) is 0.749. The summed E-state index contributed by atoms with van der Waals surface area (Å²) in [6, 6.07) is 0. The van der Waals surface area contributed by atoms with Gasteiger partial charge in [-0.25, -0.2) is 9.59 Å². The Bertz CT molecular complexity index is 668. The van der Waals surface area contributed by atoms with Crippen LogP contribution in [0.2, 0.25) is 0 Å². The van der Waals surface area contributed by atoms with Crippen molar-refractivity contribution in [2.45, 2.75) is 116 Å². The molecule has 0 saturated heterocycles. The van der Waals surface area contributed by atoms with E-state index in [2.05, 4.69) is 17.6 Å². The quantitative estimate of drug-likeness (QED) is 0.136. The second-order valence-electron chi connectivity index (χ2n) is 10.4. The van der Waals surface area contributed by atoms with E-state index in [1.165, 1.54) is 97.0 Å². The summed E-state index contributed by atoms with van der Waals surface area (Å²) < 4.78 is 15.7. The number of methoxy groups -OCH3 is 1. The normalized spacial score (nSPS) is 13.7. The molecular formula is C30H55N3O5. The van der Waals surface area contributed by atoms with Crippen LogP contribution in [0, 0.1) is 0 Å². The molecule has 0 saturated carbocycles. The zero-order valence-corrected chi connectivity index (χ0v) is 24.4. The average molecular weight is 538 g/mol. The van der Waals surface area contributed by atoms with Crippen LogP contribution < -0.4 is 10.6 Å². The summed E-state index contributed by atoms with van der Waals surface area (Å²) in [5, 5.41) is 5.48. The molecule has 38 heavy (non-hydrogen) atoms. The number of rotatable bonds is 23. The van der Waals surface area contributed by atoms with Crippen molar-refractivity contribution in [3.8, 4) is 0 Å². The average Bonchev–Trinajstić information content (AvgIpc) is 2.90. The SMILES string of the molecule is CCCCCCCCCCCCCCCCCCNC(=O)OCC(COC(=O)NC1=CC=CN(C)C1)OC. The zero-order chi connectivity index (χ0) is 27.7. The molecule has 0 bridgehead atoms. The molecule has 8 heteroatoms. The first kappa shape index (κ1) is 33.8. The van der Waals surface area contributed by atoms with Crippen molar-refractivity contribution in [1.29, 1.82) is 0 Å². The fourth-order valence-electron chi connectivity index (χ4n) is 4.36. The molecule has 1 unspecified atom stereocenters. The monoisotopic (exact) mass is 537 g/mol. The first-order chi connectivity index (χ1) is 18.5. The molecule has 8 nitrogen and oxygen atoms in total. The lowest BCUT2D eigenvalue weighted by Crippen LogP contribution is -2.35. The second-order valence-corrected chi connectivity index (χ2v) is 10.4. The van der Waals surface area contributed by atoms with Gasteiger partial charge in [0.15, 0.2) is 0 Å². The number of amides is 2. The highest BCUT2D eigenvalue weighted by atomic mass is 16.6. The van der Waals surface area contributed by atoms with Crippen molar-refractivity contribution in [3.05, 3.63) is 24.0 Å². The van der Waals surface area contributed by atoms with E-state index < -0.39 is 18.3 Å². The van der Waals surface area contributed by atoms with Crippen molar-refractivity contribution in [1.82, 2.24) is 15.5 Å². The lowest BCUT2D eigenvalue weighted by Gasteiger charge is -2.21. The minimum absolute atomic E-state index is 0.00625. The fourth-order valence-corrected chi connectivity index (χ4v) is 4.36. The molecule has 1 heterocycles. The van der Waals surface area contributed by atoms with Gasteiger partial charge < -0.3 is 24.4 Å². The number of likely N-dealkylation sites (N-methyl/N-ethyl adjacent to an activating group) is 1. The Balaban J connectivity index is 1.89. The lowest BCUT2D eigenvalue weighted by molar-refractivity contribution is -0.00411. The molecule has 1 aliphatic heterocycles. The van der Waals surface area contributed by atoms with Crippen LogP contribution in [0.25, 0.3) is 0 Å². The van der Waals surface area contributed by atoms with Crippen molar-refractivity contribution in [2.24, 2.45) is 0 Å². The van der Waals surface area contributed by atoms with Gasteiger partial charge >= 0.3 is 12.2 Å². The van der Waals surface area contributed by atoms with Crippen LogP contribution in [0.1, 0.15) is 110 Å². The zero-order valence-electron chi connectivity index (χ0n) is 24.4. The fraction of sp³-hybridized carbons (Fsp3) is 0.800. The van der Waals surface area contributed by atoms with E-state index >= 15 is 0 Å². The number of allylic oxidation sites excluding steroid dienone is 2. The number of carbonyl (C=O) groups excluding carboxylic acids is 2. The molecule has 220 valence electrons. The highest BCUT2D eigenvalue weighted by molar-refractivity contribution is 5.70. The number of unbranched alkanes of at least 4 members (excludes halogenated alkanes) is 15.